The van der Waals surface area contributed by atoms with Crippen molar-refractivity contribution in [2.24, 2.45) is 5.92 Å². The van der Waals surface area contributed by atoms with E-state index >= 15 is 0 Å². The Hall–Kier alpha value is -2.82. The highest BCUT2D eigenvalue weighted by Crippen LogP contribution is 2.27. The standard InChI is InChI=1S/C21H24N2O3/c1-16(23(21(25)26)15-18-10-6-3-7-11-18)19-12-13-22(20(19)24)14-17-8-4-2-5-9-17/h2-11,16,19H,12-15H2,1H3,(H,25,26)/t16?,19-/m0/s1. The molecule has 1 unspecified atom stereocenters. The van der Waals surface area contributed by atoms with Gasteiger partial charge in [-0.15, -0.1) is 0 Å². The molecule has 2 aromatic rings. The minimum Gasteiger partial charge on any atom is -0.465 e. The molecule has 5 nitrogen and oxygen atoms in total. The van der Waals surface area contributed by atoms with Gasteiger partial charge in [0.05, 0.1) is 5.92 Å². The minimum atomic E-state index is -0.990. The van der Waals surface area contributed by atoms with E-state index in [1.54, 1.807) is 0 Å². The van der Waals surface area contributed by atoms with Crippen molar-refractivity contribution in [2.75, 3.05) is 6.54 Å². The number of likely N-dealkylation sites (tertiary alicyclic amines) is 1. The normalized spacial score (nSPS) is 18.0. The maximum atomic E-state index is 12.8. The van der Waals surface area contributed by atoms with Crippen molar-refractivity contribution < 1.29 is 14.7 Å². The smallest absolute Gasteiger partial charge is 0.407 e. The number of benzene rings is 2. The van der Waals surface area contributed by atoms with Crippen LogP contribution in [0.3, 0.4) is 0 Å². The fourth-order valence-electron chi connectivity index (χ4n) is 3.55. The molecule has 2 amide bonds. The molecule has 1 aliphatic heterocycles. The molecular weight excluding hydrogens is 328 g/mol. The molecule has 26 heavy (non-hydrogen) atoms. The SMILES string of the molecule is CC([C@@H]1CCN(Cc2ccccc2)C1=O)N(Cc1ccccc1)C(=O)O. The molecule has 0 aromatic heterocycles. The number of amides is 2. The van der Waals surface area contributed by atoms with Gasteiger partial charge in [-0.3, -0.25) is 4.79 Å². The first-order valence-corrected chi connectivity index (χ1v) is 8.92. The molecule has 1 aliphatic rings. The van der Waals surface area contributed by atoms with Crippen LogP contribution in [-0.4, -0.2) is 39.5 Å². The number of carbonyl (C=O) groups excluding carboxylic acids is 1. The molecule has 5 heteroatoms. The van der Waals surface area contributed by atoms with Gasteiger partial charge in [-0.2, -0.15) is 0 Å². The van der Waals surface area contributed by atoms with Crippen molar-refractivity contribution in [3.8, 4) is 0 Å². The summed E-state index contributed by atoms with van der Waals surface area (Å²) in [7, 11) is 0. The second kappa shape index (κ2) is 8.04. The molecule has 2 atom stereocenters. The van der Waals surface area contributed by atoms with Crippen LogP contribution in [0.4, 0.5) is 4.79 Å². The van der Waals surface area contributed by atoms with E-state index in [1.807, 2.05) is 72.5 Å². The lowest BCUT2D eigenvalue weighted by atomic mass is 9.98. The van der Waals surface area contributed by atoms with E-state index in [0.29, 0.717) is 26.1 Å². The van der Waals surface area contributed by atoms with Gasteiger partial charge in [0, 0.05) is 25.7 Å². The summed E-state index contributed by atoms with van der Waals surface area (Å²) in [6.07, 6.45) is -0.304. The van der Waals surface area contributed by atoms with Gasteiger partial charge in [-0.1, -0.05) is 60.7 Å². The van der Waals surface area contributed by atoms with E-state index in [2.05, 4.69) is 0 Å². The molecule has 1 N–H and O–H groups in total. The lowest BCUT2D eigenvalue weighted by Crippen LogP contribution is -2.44. The van der Waals surface area contributed by atoms with Crippen LogP contribution in [0, 0.1) is 5.92 Å². The topological polar surface area (TPSA) is 60.9 Å². The van der Waals surface area contributed by atoms with Crippen LogP contribution in [-0.2, 0) is 17.9 Å². The van der Waals surface area contributed by atoms with Gasteiger partial charge in [0.2, 0.25) is 5.91 Å². The monoisotopic (exact) mass is 352 g/mol. The second-order valence-electron chi connectivity index (χ2n) is 6.78. The Balaban J connectivity index is 1.68. The Morgan fingerprint density at radius 3 is 2.27 bits per heavy atom. The highest BCUT2D eigenvalue weighted by atomic mass is 16.4. The zero-order valence-corrected chi connectivity index (χ0v) is 14.9. The van der Waals surface area contributed by atoms with Gasteiger partial charge in [0.1, 0.15) is 0 Å². The summed E-state index contributed by atoms with van der Waals surface area (Å²) in [4.78, 5) is 27.8. The summed E-state index contributed by atoms with van der Waals surface area (Å²) in [6.45, 7) is 3.38. The van der Waals surface area contributed by atoms with Crippen LogP contribution < -0.4 is 0 Å². The molecule has 3 rings (SSSR count). The third kappa shape index (κ3) is 4.04. The van der Waals surface area contributed by atoms with Crippen molar-refractivity contribution in [3.63, 3.8) is 0 Å². The van der Waals surface area contributed by atoms with E-state index in [1.165, 1.54) is 4.90 Å². The Bertz CT molecular complexity index is 748. The van der Waals surface area contributed by atoms with Gasteiger partial charge in [-0.05, 0) is 24.5 Å². The zero-order valence-electron chi connectivity index (χ0n) is 14.9. The van der Waals surface area contributed by atoms with Crippen LogP contribution in [0.15, 0.2) is 60.7 Å². The first-order valence-electron chi connectivity index (χ1n) is 8.92. The second-order valence-corrected chi connectivity index (χ2v) is 6.78. The Labute approximate surface area is 153 Å². The van der Waals surface area contributed by atoms with Crippen LogP contribution >= 0.6 is 0 Å². The lowest BCUT2D eigenvalue weighted by molar-refractivity contribution is -0.132. The number of carbonyl (C=O) groups is 2. The Morgan fingerprint density at radius 1 is 1.12 bits per heavy atom. The van der Waals surface area contributed by atoms with Crippen molar-refractivity contribution >= 4 is 12.0 Å². The van der Waals surface area contributed by atoms with Gasteiger partial charge < -0.3 is 14.9 Å². The summed E-state index contributed by atoms with van der Waals surface area (Å²) in [5, 5.41) is 9.65. The Morgan fingerprint density at radius 2 is 1.69 bits per heavy atom. The van der Waals surface area contributed by atoms with E-state index < -0.39 is 6.09 Å². The minimum absolute atomic E-state index is 0.0423. The van der Waals surface area contributed by atoms with Gasteiger partial charge in [-0.25, -0.2) is 4.79 Å². The predicted molar refractivity (Wildman–Crippen MR) is 99.4 cm³/mol. The summed E-state index contributed by atoms with van der Waals surface area (Å²) in [5.41, 5.74) is 2.02. The van der Waals surface area contributed by atoms with Crippen LogP contribution in [0.25, 0.3) is 0 Å². The molecule has 2 aromatic carbocycles. The van der Waals surface area contributed by atoms with E-state index in [9.17, 15) is 14.7 Å². The molecular formula is C21H24N2O3. The van der Waals surface area contributed by atoms with Crippen molar-refractivity contribution in [2.45, 2.75) is 32.5 Å². The van der Waals surface area contributed by atoms with E-state index in [-0.39, 0.29) is 17.9 Å². The number of hydrogen-bond acceptors (Lipinski definition) is 2. The molecule has 0 aliphatic carbocycles. The average molecular weight is 352 g/mol. The van der Waals surface area contributed by atoms with E-state index in [0.717, 1.165) is 11.1 Å². The van der Waals surface area contributed by atoms with Gasteiger partial charge in [0.15, 0.2) is 0 Å². The zero-order chi connectivity index (χ0) is 18.5. The highest BCUT2D eigenvalue weighted by Gasteiger charge is 2.39. The maximum absolute atomic E-state index is 12.8. The number of hydrogen-bond donors (Lipinski definition) is 1. The summed E-state index contributed by atoms with van der Waals surface area (Å²) in [5.74, 6) is -0.251. The van der Waals surface area contributed by atoms with Crippen LogP contribution in [0.1, 0.15) is 24.5 Å². The van der Waals surface area contributed by atoms with Gasteiger partial charge in [0.25, 0.3) is 0 Å². The quantitative estimate of drug-likeness (QED) is 0.864. The van der Waals surface area contributed by atoms with Crippen LogP contribution in [0.2, 0.25) is 0 Å². The number of rotatable bonds is 6. The van der Waals surface area contributed by atoms with Gasteiger partial charge >= 0.3 is 6.09 Å². The summed E-state index contributed by atoms with van der Waals surface area (Å²) >= 11 is 0. The van der Waals surface area contributed by atoms with Crippen LogP contribution in [0.5, 0.6) is 0 Å². The molecule has 0 saturated carbocycles. The van der Waals surface area contributed by atoms with E-state index in [4.69, 9.17) is 0 Å². The third-order valence-corrected chi connectivity index (χ3v) is 5.07. The molecule has 1 fully saturated rings. The largest absolute Gasteiger partial charge is 0.465 e. The highest BCUT2D eigenvalue weighted by molar-refractivity contribution is 5.82. The number of nitrogens with zero attached hydrogens (tertiary/aromatic N) is 2. The molecule has 1 heterocycles. The third-order valence-electron chi connectivity index (χ3n) is 5.07. The fourth-order valence-corrected chi connectivity index (χ4v) is 3.55. The molecule has 0 spiro atoms. The molecule has 1 saturated heterocycles. The fraction of sp³-hybridized carbons (Fsp3) is 0.333. The molecule has 0 radical (unpaired) electrons. The average Bonchev–Trinajstić information content (AvgIpc) is 3.01. The molecule has 136 valence electrons. The Kier molecular flexibility index (Phi) is 5.56. The lowest BCUT2D eigenvalue weighted by Gasteiger charge is -2.30. The summed E-state index contributed by atoms with van der Waals surface area (Å²) < 4.78 is 0. The number of carboxylic acid groups (broad SMARTS) is 1. The first-order chi connectivity index (χ1) is 12.6. The molecule has 0 bridgehead atoms. The predicted octanol–water partition coefficient (Wildman–Crippen LogP) is 3.60. The van der Waals surface area contributed by atoms with Crippen molar-refractivity contribution in [1.82, 2.24) is 9.80 Å². The first kappa shape index (κ1) is 18.0. The van der Waals surface area contributed by atoms with Crippen molar-refractivity contribution in [3.05, 3.63) is 71.8 Å². The van der Waals surface area contributed by atoms with Crippen molar-refractivity contribution in [1.29, 1.82) is 0 Å². The maximum Gasteiger partial charge on any atom is 0.407 e. The summed E-state index contributed by atoms with van der Waals surface area (Å²) in [6, 6.07) is 19.0.